The number of carbonyl (C=O) groups is 1. The summed E-state index contributed by atoms with van der Waals surface area (Å²) >= 11 is 0. The molecule has 116 valence electrons. The fourth-order valence-corrected chi connectivity index (χ4v) is 2.74. The molecule has 1 unspecified atom stereocenters. The highest BCUT2D eigenvalue weighted by Gasteiger charge is 2.25. The van der Waals surface area contributed by atoms with Crippen molar-refractivity contribution in [2.24, 2.45) is 0 Å². The van der Waals surface area contributed by atoms with Gasteiger partial charge < -0.3 is 10.2 Å². The lowest BCUT2D eigenvalue weighted by atomic mass is 10.2. The lowest BCUT2D eigenvalue weighted by Crippen LogP contribution is -2.37. The van der Waals surface area contributed by atoms with E-state index in [1.54, 1.807) is 35.4 Å². The van der Waals surface area contributed by atoms with E-state index in [1.807, 2.05) is 12.1 Å². The minimum atomic E-state index is -0.0906. The highest BCUT2D eigenvalue weighted by atomic mass is 16.1. The zero-order chi connectivity index (χ0) is 15.6. The van der Waals surface area contributed by atoms with Gasteiger partial charge in [0.1, 0.15) is 12.1 Å². The number of amides is 1. The van der Waals surface area contributed by atoms with Crippen LogP contribution in [0.1, 0.15) is 16.8 Å². The molecule has 0 radical (unpaired) electrons. The lowest BCUT2D eigenvalue weighted by molar-refractivity contribution is 0.0940. The number of hydrogen-bond donors (Lipinski definition) is 1. The smallest absolute Gasteiger partial charge is 0.253 e. The molecule has 0 aliphatic carbocycles. The monoisotopic (exact) mass is 309 g/mol. The largest absolute Gasteiger partial charge is 0.353 e. The van der Waals surface area contributed by atoms with Gasteiger partial charge in [0.15, 0.2) is 5.65 Å². The minimum Gasteiger partial charge on any atom is -0.353 e. The van der Waals surface area contributed by atoms with Crippen molar-refractivity contribution in [1.82, 2.24) is 30.1 Å². The molecular weight excluding hydrogens is 294 g/mol. The van der Waals surface area contributed by atoms with Gasteiger partial charge in [0.25, 0.3) is 5.91 Å². The summed E-state index contributed by atoms with van der Waals surface area (Å²) in [6, 6.07) is 7.43. The van der Waals surface area contributed by atoms with E-state index < -0.39 is 0 Å². The van der Waals surface area contributed by atoms with Gasteiger partial charge in [-0.05, 0) is 30.7 Å². The molecule has 1 fully saturated rings. The molecule has 8 nitrogen and oxygen atoms in total. The molecule has 0 saturated carbocycles. The summed E-state index contributed by atoms with van der Waals surface area (Å²) in [6.07, 6.45) is 5.69. The van der Waals surface area contributed by atoms with E-state index in [2.05, 4.69) is 30.5 Å². The molecule has 0 bridgehead atoms. The van der Waals surface area contributed by atoms with Gasteiger partial charge in [0, 0.05) is 31.5 Å². The van der Waals surface area contributed by atoms with E-state index in [0.717, 1.165) is 31.0 Å². The Morgan fingerprint density at radius 1 is 1.30 bits per heavy atom. The van der Waals surface area contributed by atoms with Crippen molar-refractivity contribution in [3.8, 4) is 0 Å². The van der Waals surface area contributed by atoms with Crippen LogP contribution in [0.3, 0.4) is 0 Å². The first-order valence-corrected chi connectivity index (χ1v) is 7.42. The number of fused-ring (bicyclic) bond motifs is 1. The van der Waals surface area contributed by atoms with Crippen LogP contribution in [0.2, 0.25) is 0 Å². The number of anilines is 1. The van der Waals surface area contributed by atoms with Gasteiger partial charge in [-0.2, -0.15) is 4.52 Å². The Kier molecular flexibility index (Phi) is 3.34. The van der Waals surface area contributed by atoms with E-state index in [0.29, 0.717) is 5.56 Å². The van der Waals surface area contributed by atoms with Crippen molar-refractivity contribution in [2.75, 3.05) is 18.0 Å². The van der Waals surface area contributed by atoms with Crippen LogP contribution in [0.25, 0.3) is 5.65 Å². The molecule has 3 aromatic heterocycles. The van der Waals surface area contributed by atoms with Gasteiger partial charge in [-0.1, -0.05) is 0 Å². The average molecular weight is 309 g/mol. The third-order valence-corrected chi connectivity index (χ3v) is 3.92. The number of nitrogens with one attached hydrogen (secondary N) is 1. The van der Waals surface area contributed by atoms with Gasteiger partial charge in [0.05, 0.1) is 5.56 Å². The number of hydrogen-bond acceptors (Lipinski definition) is 6. The third kappa shape index (κ3) is 2.70. The Morgan fingerprint density at radius 3 is 3.13 bits per heavy atom. The van der Waals surface area contributed by atoms with Crippen LogP contribution in [0.4, 0.5) is 5.82 Å². The molecule has 3 aromatic rings. The van der Waals surface area contributed by atoms with Crippen molar-refractivity contribution < 1.29 is 4.79 Å². The second-order valence-electron chi connectivity index (χ2n) is 5.47. The molecule has 1 aliphatic heterocycles. The summed E-state index contributed by atoms with van der Waals surface area (Å²) in [5.41, 5.74) is 1.30. The Balaban J connectivity index is 1.43. The van der Waals surface area contributed by atoms with Crippen molar-refractivity contribution in [2.45, 2.75) is 12.5 Å². The van der Waals surface area contributed by atoms with Crippen LogP contribution in [0.15, 0.2) is 43.0 Å². The second kappa shape index (κ2) is 5.64. The quantitative estimate of drug-likeness (QED) is 0.759. The van der Waals surface area contributed by atoms with Crippen molar-refractivity contribution in [3.63, 3.8) is 0 Å². The molecule has 0 aromatic carbocycles. The minimum absolute atomic E-state index is 0.0906. The molecule has 1 N–H and O–H groups in total. The first-order chi connectivity index (χ1) is 11.3. The maximum atomic E-state index is 12.2. The van der Waals surface area contributed by atoms with Gasteiger partial charge in [0.2, 0.25) is 0 Å². The van der Waals surface area contributed by atoms with Crippen LogP contribution in [-0.2, 0) is 0 Å². The van der Waals surface area contributed by atoms with Crippen molar-refractivity contribution in [1.29, 1.82) is 0 Å². The molecule has 0 spiro atoms. The third-order valence-electron chi connectivity index (χ3n) is 3.92. The SMILES string of the molecule is O=C(NC1CCN(c2ccc3nncn3n2)C1)c1cccnc1. The summed E-state index contributed by atoms with van der Waals surface area (Å²) in [6.45, 7) is 1.57. The number of rotatable bonds is 3. The summed E-state index contributed by atoms with van der Waals surface area (Å²) in [5.74, 6) is 0.766. The van der Waals surface area contributed by atoms with Gasteiger partial charge in [-0.25, -0.2) is 0 Å². The topological polar surface area (TPSA) is 88.3 Å². The normalized spacial score (nSPS) is 17.6. The Hall–Kier alpha value is -3.03. The highest BCUT2D eigenvalue weighted by molar-refractivity contribution is 5.94. The summed E-state index contributed by atoms with van der Waals surface area (Å²) in [5, 5.41) is 15.3. The van der Waals surface area contributed by atoms with Crippen LogP contribution in [-0.4, -0.2) is 49.8 Å². The van der Waals surface area contributed by atoms with E-state index >= 15 is 0 Å². The van der Waals surface area contributed by atoms with Crippen molar-refractivity contribution >= 4 is 17.4 Å². The molecular formula is C15H15N7O. The number of aromatic nitrogens is 5. The van der Waals surface area contributed by atoms with E-state index in [1.165, 1.54) is 0 Å². The molecule has 23 heavy (non-hydrogen) atoms. The van der Waals surface area contributed by atoms with Crippen LogP contribution in [0, 0.1) is 0 Å². The zero-order valence-electron chi connectivity index (χ0n) is 12.3. The molecule has 4 rings (SSSR count). The first kappa shape index (κ1) is 13.6. The second-order valence-corrected chi connectivity index (χ2v) is 5.47. The maximum Gasteiger partial charge on any atom is 0.253 e. The van der Waals surface area contributed by atoms with Crippen LogP contribution in [0.5, 0.6) is 0 Å². The Bertz CT molecular complexity index is 832. The van der Waals surface area contributed by atoms with Crippen LogP contribution < -0.4 is 10.2 Å². The number of pyridine rings is 1. The number of carbonyl (C=O) groups excluding carboxylic acids is 1. The summed E-state index contributed by atoms with van der Waals surface area (Å²) in [7, 11) is 0. The Labute approximate surface area is 132 Å². The molecule has 1 atom stereocenters. The average Bonchev–Trinajstić information content (AvgIpc) is 3.23. The number of nitrogens with zero attached hydrogens (tertiary/aromatic N) is 6. The fourth-order valence-electron chi connectivity index (χ4n) is 2.74. The van der Waals surface area contributed by atoms with Gasteiger partial charge in [-0.15, -0.1) is 15.3 Å². The predicted molar refractivity (Wildman–Crippen MR) is 83.1 cm³/mol. The zero-order valence-corrected chi connectivity index (χ0v) is 12.3. The molecule has 1 aliphatic rings. The van der Waals surface area contributed by atoms with Crippen molar-refractivity contribution in [3.05, 3.63) is 48.5 Å². The maximum absolute atomic E-state index is 12.2. The molecule has 1 amide bonds. The summed E-state index contributed by atoms with van der Waals surface area (Å²) in [4.78, 5) is 18.3. The molecule has 4 heterocycles. The highest BCUT2D eigenvalue weighted by Crippen LogP contribution is 2.18. The van der Waals surface area contributed by atoms with Crippen LogP contribution >= 0.6 is 0 Å². The molecule has 8 heteroatoms. The predicted octanol–water partition coefficient (Wildman–Crippen LogP) is 0.528. The van der Waals surface area contributed by atoms with E-state index in [9.17, 15) is 4.79 Å². The fraction of sp³-hybridized carbons (Fsp3) is 0.267. The molecule has 1 saturated heterocycles. The lowest BCUT2D eigenvalue weighted by Gasteiger charge is -2.17. The van der Waals surface area contributed by atoms with E-state index in [-0.39, 0.29) is 11.9 Å². The van der Waals surface area contributed by atoms with E-state index in [4.69, 9.17) is 0 Å². The Morgan fingerprint density at radius 2 is 2.26 bits per heavy atom. The van der Waals surface area contributed by atoms with Gasteiger partial charge >= 0.3 is 0 Å². The summed E-state index contributed by atoms with van der Waals surface area (Å²) < 4.78 is 1.65. The van der Waals surface area contributed by atoms with Gasteiger partial charge in [-0.3, -0.25) is 9.78 Å². The first-order valence-electron chi connectivity index (χ1n) is 7.42. The standard InChI is InChI=1S/C15H15N7O/c23-15(11-2-1-6-16-8-11)18-12-5-7-21(9-12)14-4-3-13-19-17-10-22(13)20-14/h1-4,6,8,10,12H,5,7,9H2,(H,18,23).